The number of methoxy groups -OCH3 is 1. The zero-order valence-electron chi connectivity index (χ0n) is 11.7. The molecule has 0 amide bonds. The molecule has 0 atom stereocenters. The average Bonchev–Trinajstić information content (AvgIpc) is 2.46. The highest BCUT2D eigenvalue weighted by Gasteiger charge is 2.10. The summed E-state index contributed by atoms with van der Waals surface area (Å²) in [7, 11) is 1.52. The van der Waals surface area contributed by atoms with Crippen LogP contribution in [0.5, 0.6) is 11.5 Å². The first kappa shape index (κ1) is 18.4. The third kappa shape index (κ3) is 4.19. The van der Waals surface area contributed by atoms with Crippen molar-refractivity contribution in [2.45, 2.75) is 6.61 Å². The van der Waals surface area contributed by atoms with Gasteiger partial charge >= 0.3 is 0 Å². The van der Waals surface area contributed by atoms with Crippen LogP contribution in [0.1, 0.15) is 11.1 Å². The Morgan fingerprint density at radius 2 is 1.77 bits per heavy atom. The van der Waals surface area contributed by atoms with Gasteiger partial charge < -0.3 is 15.2 Å². The van der Waals surface area contributed by atoms with Gasteiger partial charge in [0.25, 0.3) is 0 Å². The van der Waals surface area contributed by atoms with Crippen LogP contribution in [-0.4, -0.2) is 12.9 Å². The van der Waals surface area contributed by atoms with Crippen molar-refractivity contribution in [3.63, 3.8) is 0 Å². The van der Waals surface area contributed by atoms with Gasteiger partial charge in [0.05, 0.1) is 7.11 Å². The topological polar surface area (TPSA) is 68.3 Å². The van der Waals surface area contributed by atoms with Gasteiger partial charge in [-0.25, -0.2) is 0 Å². The Morgan fingerprint density at radius 1 is 1.14 bits per heavy atom. The van der Waals surface area contributed by atoms with Crippen LogP contribution in [0.15, 0.2) is 36.4 Å². The van der Waals surface area contributed by atoms with Crippen molar-refractivity contribution in [2.24, 2.45) is 5.73 Å². The summed E-state index contributed by atoms with van der Waals surface area (Å²) in [5, 5.41) is 8.50. The minimum atomic E-state index is -0.0333. The van der Waals surface area contributed by atoms with Crippen molar-refractivity contribution in [3.05, 3.63) is 57.6 Å². The van der Waals surface area contributed by atoms with Crippen molar-refractivity contribution in [3.8, 4) is 11.5 Å². The van der Waals surface area contributed by atoms with Crippen molar-refractivity contribution in [1.29, 1.82) is 5.41 Å². The molecule has 4 nitrogen and oxygen atoms in total. The molecule has 0 unspecified atom stereocenters. The molecule has 2 rings (SSSR count). The summed E-state index contributed by atoms with van der Waals surface area (Å²) in [6.07, 6.45) is 0. The molecule has 0 saturated carbocycles. The van der Waals surface area contributed by atoms with Crippen LogP contribution in [-0.2, 0) is 6.61 Å². The molecule has 22 heavy (non-hydrogen) atoms. The van der Waals surface area contributed by atoms with E-state index >= 15 is 0 Å². The van der Waals surface area contributed by atoms with E-state index in [0.29, 0.717) is 32.7 Å². The number of nitrogen functional groups attached to an aromatic ring is 1. The molecule has 0 bridgehead atoms. The van der Waals surface area contributed by atoms with Crippen LogP contribution in [0.4, 0.5) is 0 Å². The lowest BCUT2D eigenvalue weighted by Gasteiger charge is -2.13. The highest BCUT2D eigenvalue weighted by molar-refractivity contribution is 6.35. The predicted molar refractivity (Wildman–Crippen MR) is 92.1 cm³/mol. The van der Waals surface area contributed by atoms with Gasteiger partial charge in [-0.05, 0) is 30.3 Å². The Labute approximate surface area is 145 Å². The smallest absolute Gasteiger partial charge is 0.161 e. The van der Waals surface area contributed by atoms with Gasteiger partial charge in [0.15, 0.2) is 11.5 Å². The SMILES string of the molecule is COc1cc(C(=N)N)ccc1OCc1c(Cl)cccc1Cl.Cl. The highest BCUT2D eigenvalue weighted by Crippen LogP contribution is 2.31. The van der Waals surface area contributed by atoms with Crippen molar-refractivity contribution >= 4 is 41.4 Å². The van der Waals surface area contributed by atoms with Gasteiger partial charge in [0, 0.05) is 21.2 Å². The van der Waals surface area contributed by atoms with Crippen LogP contribution < -0.4 is 15.2 Å². The molecule has 0 heterocycles. The standard InChI is InChI=1S/C15H14Cl2N2O2.ClH/c1-20-14-7-9(15(18)19)5-6-13(14)21-8-10-11(16)3-2-4-12(10)17;/h2-7H,8H2,1H3,(H3,18,19);1H. The van der Waals surface area contributed by atoms with Crippen LogP contribution in [0.25, 0.3) is 0 Å². The number of benzene rings is 2. The molecule has 0 aliphatic carbocycles. The molecule has 0 aliphatic rings. The Kier molecular flexibility index (Phi) is 6.81. The zero-order valence-corrected chi connectivity index (χ0v) is 14.1. The lowest BCUT2D eigenvalue weighted by Crippen LogP contribution is -2.11. The zero-order chi connectivity index (χ0) is 15.4. The van der Waals surface area contributed by atoms with E-state index in [1.54, 1.807) is 36.4 Å². The number of halogens is 3. The quantitative estimate of drug-likeness (QED) is 0.616. The van der Waals surface area contributed by atoms with E-state index in [2.05, 4.69) is 0 Å². The fraction of sp³-hybridized carbons (Fsp3) is 0.133. The van der Waals surface area contributed by atoms with E-state index < -0.39 is 0 Å². The molecule has 0 fully saturated rings. The van der Waals surface area contributed by atoms with Gasteiger partial charge in [-0.2, -0.15) is 0 Å². The Balaban J connectivity index is 0.00000242. The number of ether oxygens (including phenoxy) is 2. The highest BCUT2D eigenvalue weighted by atomic mass is 35.5. The molecular weight excluding hydrogens is 347 g/mol. The number of hydrogen-bond acceptors (Lipinski definition) is 3. The van der Waals surface area contributed by atoms with Gasteiger partial charge in [0.1, 0.15) is 12.4 Å². The maximum atomic E-state index is 7.42. The summed E-state index contributed by atoms with van der Waals surface area (Å²) in [5.41, 5.74) is 6.72. The fourth-order valence-corrected chi connectivity index (χ4v) is 2.28. The molecule has 0 saturated heterocycles. The Bertz CT molecular complexity index is 658. The third-order valence-electron chi connectivity index (χ3n) is 2.91. The minimum absolute atomic E-state index is 0. The maximum Gasteiger partial charge on any atom is 0.161 e. The first-order chi connectivity index (χ1) is 10.0. The molecule has 2 aromatic rings. The average molecular weight is 362 g/mol. The fourth-order valence-electron chi connectivity index (χ4n) is 1.77. The monoisotopic (exact) mass is 360 g/mol. The van der Waals surface area contributed by atoms with Gasteiger partial charge in [0.2, 0.25) is 0 Å². The first-order valence-corrected chi connectivity index (χ1v) is 6.86. The normalized spacial score (nSPS) is 9.77. The maximum absolute atomic E-state index is 7.42. The third-order valence-corrected chi connectivity index (χ3v) is 3.62. The molecule has 0 aliphatic heterocycles. The molecule has 118 valence electrons. The summed E-state index contributed by atoms with van der Waals surface area (Å²) in [6, 6.07) is 10.3. The van der Waals surface area contributed by atoms with Crippen molar-refractivity contribution in [1.82, 2.24) is 0 Å². The second kappa shape index (κ2) is 8.13. The summed E-state index contributed by atoms with van der Waals surface area (Å²) in [5.74, 6) is 0.985. The molecular formula is C15H15Cl3N2O2. The van der Waals surface area contributed by atoms with Crippen LogP contribution in [0.2, 0.25) is 10.0 Å². The van der Waals surface area contributed by atoms with Crippen molar-refractivity contribution in [2.75, 3.05) is 7.11 Å². The molecule has 7 heteroatoms. The number of nitrogens with two attached hydrogens (primary N) is 1. The first-order valence-electron chi connectivity index (χ1n) is 6.11. The van der Waals surface area contributed by atoms with Crippen LogP contribution in [0, 0.1) is 5.41 Å². The predicted octanol–water partition coefficient (Wildman–Crippen LogP) is 4.29. The molecule has 0 spiro atoms. The summed E-state index contributed by atoms with van der Waals surface area (Å²) in [6.45, 7) is 0.217. The van der Waals surface area contributed by atoms with E-state index in [1.807, 2.05) is 0 Å². The molecule has 0 radical (unpaired) electrons. The summed E-state index contributed by atoms with van der Waals surface area (Å²) in [4.78, 5) is 0. The molecule has 3 N–H and O–H groups in total. The minimum Gasteiger partial charge on any atom is -0.493 e. The largest absolute Gasteiger partial charge is 0.493 e. The van der Waals surface area contributed by atoms with Crippen LogP contribution >= 0.6 is 35.6 Å². The summed E-state index contributed by atoms with van der Waals surface area (Å²) >= 11 is 12.2. The number of nitrogens with one attached hydrogen (secondary N) is 1. The second-order valence-corrected chi connectivity index (χ2v) is 5.08. The number of amidine groups is 1. The lowest BCUT2D eigenvalue weighted by atomic mass is 10.2. The Hall–Kier alpha value is -1.62. The summed E-state index contributed by atoms with van der Waals surface area (Å²) < 4.78 is 10.9. The Morgan fingerprint density at radius 3 is 2.32 bits per heavy atom. The molecule has 2 aromatic carbocycles. The van der Waals surface area contributed by atoms with Gasteiger partial charge in [-0.1, -0.05) is 29.3 Å². The number of hydrogen-bond donors (Lipinski definition) is 2. The van der Waals surface area contributed by atoms with Gasteiger partial charge in [-0.3, -0.25) is 5.41 Å². The van der Waals surface area contributed by atoms with E-state index in [1.165, 1.54) is 7.11 Å². The van der Waals surface area contributed by atoms with E-state index in [9.17, 15) is 0 Å². The second-order valence-electron chi connectivity index (χ2n) is 4.27. The lowest BCUT2D eigenvalue weighted by molar-refractivity contribution is 0.284. The van der Waals surface area contributed by atoms with Gasteiger partial charge in [-0.15, -0.1) is 12.4 Å². The van der Waals surface area contributed by atoms with E-state index in [4.69, 9.17) is 43.8 Å². The van der Waals surface area contributed by atoms with E-state index in [0.717, 1.165) is 0 Å². The van der Waals surface area contributed by atoms with Crippen molar-refractivity contribution < 1.29 is 9.47 Å². The van der Waals surface area contributed by atoms with E-state index in [-0.39, 0.29) is 24.8 Å². The number of rotatable bonds is 5. The molecule has 0 aromatic heterocycles. The van der Waals surface area contributed by atoms with Crippen LogP contribution in [0.3, 0.4) is 0 Å².